The summed E-state index contributed by atoms with van der Waals surface area (Å²) >= 11 is 0. The van der Waals surface area contributed by atoms with Crippen LogP contribution in [-0.4, -0.2) is 20.1 Å². The van der Waals surface area contributed by atoms with Crippen molar-refractivity contribution in [1.82, 2.24) is 0 Å². The summed E-state index contributed by atoms with van der Waals surface area (Å²) in [6, 6.07) is 10.5. The zero-order valence-electron chi connectivity index (χ0n) is 12.5. The minimum atomic E-state index is 0.186. The van der Waals surface area contributed by atoms with Gasteiger partial charge in [0.05, 0.1) is 0 Å². The Bertz CT molecular complexity index is 318. The van der Waals surface area contributed by atoms with Crippen molar-refractivity contribution in [3.8, 4) is 0 Å². The van der Waals surface area contributed by atoms with Crippen molar-refractivity contribution in [3.05, 3.63) is 30.3 Å². The number of benzene rings is 1. The van der Waals surface area contributed by atoms with Gasteiger partial charge in [-0.3, -0.25) is 0 Å². The molecule has 106 valence electrons. The normalized spacial score (nSPS) is 12.4. The van der Waals surface area contributed by atoms with Crippen LogP contribution in [0.3, 0.4) is 0 Å². The summed E-state index contributed by atoms with van der Waals surface area (Å²) in [5.41, 5.74) is 6.85. The number of nitrogens with two attached hydrogens (primary N) is 1. The van der Waals surface area contributed by atoms with Gasteiger partial charge in [0, 0.05) is 13.2 Å². The van der Waals surface area contributed by atoms with Crippen molar-refractivity contribution in [2.24, 2.45) is 5.73 Å². The fourth-order valence-electron chi connectivity index (χ4n) is 2.47. The highest BCUT2D eigenvalue weighted by atomic mass is 16.4. The molecule has 0 aromatic heterocycles. The van der Waals surface area contributed by atoms with Crippen molar-refractivity contribution >= 4 is 12.4 Å². The van der Waals surface area contributed by atoms with Crippen molar-refractivity contribution < 1.29 is 4.65 Å². The first-order valence-corrected chi connectivity index (χ1v) is 7.66. The first kappa shape index (κ1) is 16.3. The van der Waals surface area contributed by atoms with Gasteiger partial charge in [0.1, 0.15) is 0 Å². The van der Waals surface area contributed by atoms with E-state index in [9.17, 15) is 0 Å². The van der Waals surface area contributed by atoms with Gasteiger partial charge in [0.2, 0.25) is 0 Å². The van der Waals surface area contributed by atoms with Crippen LogP contribution in [0, 0.1) is 0 Å². The number of rotatable bonds is 10. The van der Waals surface area contributed by atoms with Gasteiger partial charge in [-0.1, -0.05) is 76.3 Å². The Balaban J connectivity index is 2.53. The van der Waals surface area contributed by atoms with E-state index in [-0.39, 0.29) is 6.92 Å². The second kappa shape index (κ2) is 10.0. The lowest BCUT2D eigenvalue weighted by atomic mass is 9.50. The fraction of sp³-hybridized carbons (Fsp3) is 0.625. The zero-order valence-corrected chi connectivity index (χ0v) is 12.5. The average Bonchev–Trinajstić information content (AvgIpc) is 2.45. The third-order valence-electron chi connectivity index (χ3n) is 3.57. The summed E-state index contributed by atoms with van der Waals surface area (Å²) in [7, 11) is 0. The molecular weight excluding hydrogens is 233 g/mol. The number of hydrogen-bond acceptors (Lipinski definition) is 2. The van der Waals surface area contributed by atoms with Crippen LogP contribution >= 0.6 is 0 Å². The molecule has 0 spiro atoms. The lowest BCUT2D eigenvalue weighted by molar-refractivity contribution is 0.328. The lowest BCUT2D eigenvalue weighted by Gasteiger charge is -2.21. The molecule has 1 unspecified atom stereocenters. The van der Waals surface area contributed by atoms with E-state index in [0.717, 1.165) is 0 Å². The quantitative estimate of drug-likeness (QED) is 0.518. The first-order valence-electron chi connectivity index (χ1n) is 7.66. The van der Waals surface area contributed by atoms with Crippen LogP contribution in [0.1, 0.15) is 46.0 Å². The van der Waals surface area contributed by atoms with E-state index in [1.165, 1.54) is 37.6 Å². The molecule has 0 bridgehead atoms. The predicted octanol–water partition coefficient (Wildman–Crippen LogP) is 3.22. The molecular formula is C16H28BNO. The van der Waals surface area contributed by atoms with E-state index >= 15 is 0 Å². The van der Waals surface area contributed by atoms with E-state index in [1.807, 2.05) is 0 Å². The van der Waals surface area contributed by atoms with Gasteiger partial charge in [-0.25, -0.2) is 0 Å². The van der Waals surface area contributed by atoms with Crippen molar-refractivity contribution in [3.63, 3.8) is 0 Å². The van der Waals surface area contributed by atoms with Gasteiger partial charge in [-0.05, 0) is 11.3 Å². The lowest BCUT2D eigenvalue weighted by Crippen LogP contribution is -2.38. The second-order valence-corrected chi connectivity index (χ2v) is 5.32. The van der Waals surface area contributed by atoms with Crippen LogP contribution in [-0.2, 0) is 4.65 Å². The van der Waals surface area contributed by atoms with Gasteiger partial charge in [-0.15, -0.1) is 0 Å². The van der Waals surface area contributed by atoms with Crippen LogP contribution in [0.25, 0.3) is 0 Å². The molecule has 3 heteroatoms. The third kappa shape index (κ3) is 6.26. The van der Waals surface area contributed by atoms with Crippen molar-refractivity contribution in [2.45, 2.75) is 51.8 Å². The molecule has 2 N–H and O–H groups in total. The molecule has 0 aliphatic heterocycles. The second-order valence-electron chi connectivity index (χ2n) is 5.32. The Morgan fingerprint density at radius 3 is 2.53 bits per heavy atom. The third-order valence-corrected chi connectivity index (χ3v) is 3.57. The van der Waals surface area contributed by atoms with E-state index in [0.29, 0.717) is 19.0 Å². The minimum Gasteiger partial charge on any atom is -0.429 e. The highest BCUT2D eigenvalue weighted by Gasteiger charge is 2.25. The van der Waals surface area contributed by atoms with Gasteiger partial charge >= 0.3 is 6.92 Å². The molecule has 0 aliphatic rings. The van der Waals surface area contributed by atoms with E-state index in [4.69, 9.17) is 10.4 Å². The minimum absolute atomic E-state index is 0.186. The maximum Gasteiger partial charge on any atom is 0.329 e. The van der Waals surface area contributed by atoms with Crippen molar-refractivity contribution in [1.29, 1.82) is 0 Å². The molecule has 1 rings (SSSR count). The summed E-state index contributed by atoms with van der Waals surface area (Å²) in [6.07, 6.45) is 6.49. The van der Waals surface area contributed by atoms with Crippen LogP contribution < -0.4 is 11.2 Å². The molecule has 1 atom stereocenters. The van der Waals surface area contributed by atoms with Gasteiger partial charge in [0.25, 0.3) is 0 Å². The van der Waals surface area contributed by atoms with Gasteiger partial charge in [0.15, 0.2) is 0 Å². The van der Waals surface area contributed by atoms with E-state index in [2.05, 4.69) is 44.2 Å². The molecule has 0 heterocycles. The molecule has 0 saturated heterocycles. The average molecular weight is 261 g/mol. The Morgan fingerprint density at radius 1 is 1.16 bits per heavy atom. The Labute approximate surface area is 118 Å². The standard InChI is InChI=1S/C16H28BNO/c1-3-4-5-7-10-15(2)17(19-14-13-18)16-11-8-6-9-12-16/h6,8-9,11-12,15H,3-5,7,10,13-14,18H2,1-2H3. The van der Waals surface area contributed by atoms with Crippen LogP contribution in [0.5, 0.6) is 0 Å². The maximum absolute atomic E-state index is 5.97. The molecule has 2 nitrogen and oxygen atoms in total. The topological polar surface area (TPSA) is 35.2 Å². The summed E-state index contributed by atoms with van der Waals surface area (Å²) in [5, 5.41) is 0. The van der Waals surface area contributed by atoms with E-state index in [1.54, 1.807) is 0 Å². The van der Waals surface area contributed by atoms with Gasteiger partial charge in [-0.2, -0.15) is 0 Å². The zero-order chi connectivity index (χ0) is 13.9. The van der Waals surface area contributed by atoms with Crippen molar-refractivity contribution in [2.75, 3.05) is 13.2 Å². The fourth-order valence-corrected chi connectivity index (χ4v) is 2.47. The highest BCUT2D eigenvalue weighted by Crippen LogP contribution is 2.19. The largest absolute Gasteiger partial charge is 0.429 e. The summed E-state index contributed by atoms with van der Waals surface area (Å²) in [6.45, 7) is 5.96. The smallest absolute Gasteiger partial charge is 0.329 e. The number of hydrogen-bond donors (Lipinski definition) is 1. The van der Waals surface area contributed by atoms with Crippen LogP contribution in [0.15, 0.2) is 30.3 Å². The first-order chi connectivity index (χ1) is 9.29. The monoisotopic (exact) mass is 261 g/mol. The maximum atomic E-state index is 5.97. The molecule has 1 aromatic carbocycles. The Hall–Kier alpha value is -0.795. The molecule has 0 saturated carbocycles. The molecule has 0 aliphatic carbocycles. The predicted molar refractivity (Wildman–Crippen MR) is 85.0 cm³/mol. The summed E-state index contributed by atoms with van der Waals surface area (Å²) < 4.78 is 5.97. The van der Waals surface area contributed by atoms with Crippen LogP contribution in [0.2, 0.25) is 5.82 Å². The molecule has 0 fully saturated rings. The SMILES string of the molecule is CCCCCCC(C)B(OCCN)c1ccccc1. The van der Waals surface area contributed by atoms with E-state index < -0.39 is 0 Å². The summed E-state index contributed by atoms with van der Waals surface area (Å²) in [5.74, 6) is 0.547. The molecule has 0 radical (unpaired) electrons. The summed E-state index contributed by atoms with van der Waals surface area (Å²) in [4.78, 5) is 0. The van der Waals surface area contributed by atoms with Gasteiger partial charge < -0.3 is 10.4 Å². The van der Waals surface area contributed by atoms with Crippen LogP contribution in [0.4, 0.5) is 0 Å². The molecule has 19 heavy (non-hydrogen) atoms. The molecule has 0 amide bonds. The highest BCUT2D eigenvalue weighted by molar-refractivity contribution is 6.68. The number of unbranched alkanes of at least 4 members (excludes halogenated alkanes) is 3. The Morgan fingerprint density at radius 2 is 1.89 bits per heavy atom. The Kier molecular flexibility index (Phi) is 8.60. The molecule has 1 aromatic rings.